The van der Waals surface area contributed by atoms with E-state index in [1.807, 2.05) is 27.7 Å². The lowest BCUT2D eigenvalue weighted by atomic mass is 9.92. The Morgan fingerprint density at radius 3 is 2.70 bits per heavy atom. The van der Waals surface area contributed by atoms with Crippen LogP contribution < -0.4 is 10.1 Å². The maximum atomic E-state index is 13.3. The molecule has 3 nitrogen and oxygen atoms in total. The summed E-state index contributed by atoms with van der Waals surface area (Å²) in [6.07, 6.45) is 0.637. The lowest BCUT2D eigenvalue weighted by Gasteiger charge is -2.17. The highest BCUT2D eigenvalue weighted by Crippen LogP contribution is 2.23. The molecule has 0 heterocycles. The molecule has 1 aromatic carbocycles. The number of hydrogen-bond acceptors (Lipinski definition) is 3. The summed E-state index contributed by atoms with van der Waals surface area (Å²) >= 11 is 0. The molecule has 4 heteroatoms. The standard InChI is InChI=1S/C16H23FN2O/c1-12(2)19-10-13-9-14(17)5-6-15(13)20-8-7-16(3,4)11-18/h5-6,9,12,19H,7-8,10H2,1-4H3. The summed E-state index contributed by atoms with van der Waals surface area (Å²) in [6, 6.07) is 7.09. The Bertz CT molecular complexity index is 478. The molecule has 0 bridgehead atoms. The van der Waals surface area contributed by atoms with Crippen molar-refractivity contribution in [3.05, 3.63) is 29.6 Å². The van der Waals surface area contributed by atoms with E-state index in [-0.39, 0.29) is 5.82 Å². The number of nitriles is 1. The van der Waals surface area contributed by atoms with E-state index in [0.29, 0.717) is 31.4 Å². The Hall–Kier alpha value is -1.60. The number of nitrogens with one attached hydrogen (secondary N) is 1. The quantitative estimate of drug-likeness (QED) is 0.828. The van der Waals surface area contributed by atoms with E-state index in [2.05, 4.69) is 11.4 Å². The number of halogens is 1. The minimum atomic E-state index is -0.406. The third kappa shape index (κ3) is 5.58. The van der Waals surface area contributed by atoms with E-state index >= 15 is 0 Å². The van der Waals surface area contributed by atoms with Crippen molar-refractivity contribution in [3.8, 4) is 11.8 Å². The van der Waals surface area contributed by atoms with Crippen LogP contribution in [0.2, 0.25) is 0 Å². The highest BCUT2D eigenvalue weighted by molar-refractivity contribution is 5.34. The summed E-state index contributed by atoms with van der Waals surface area (Å²) in [6.45, 7) is 8.84. The van der Waals surface area contributed by atoms with Gasteiger partial charge in [-0.05, 0) is 38.5 Å². The van der Waals surface area contributed by atoms with Crippen LogP contribution >= 0.6 is 0 Å². The first-order chi connectivity index (χ1) is 9.34. The highest BCUT2D eigenvalue weighted by Gasteiger charge is 2.17. The van der Waals surface area contributed by atoms with Gasteiger partial charge >= 0.3 is 0 Å². The van der Waals surface area contributed by atoms with Gasteiger partial charge < -0.3 is 10.1 Å². The number of benzene rings is 1. The van der Waals surface area contributed by atoms with E-state index in [4.69, 9.17) is 10.00 Å². The van der Waals surface area contributed by atoms with Crippen molar-refractivity contribution in [1.82, 2.24) is 5.32 Å². The van der Waals surface area contributed by atoms with Gasteiger partial charge in [-0.25, -0.2) is 4.39 Å². The van der Waals surface area contributed by atoms with E-state index in [0.717, 1.165) is 5.56 Å². The molecule has 1 rings (SSSR count). The maximum Gasteiger partial charge on any atom is 0.123 e. The van der Waals surface area contributed by atoms with Crippen LogP contribution in [0.15, 0.2) is 18.2 Å². The van der Waals surface area contributed by atoms with Crippen molar-refractivity contribution >= 4 is 0 Å². The van der Waals surface area contributed by atoms with Crippen LogP contribution in [0.25, 0.3) is 0 Å². The molecule has 0 spiro atoms. The molecule has 0 aliphatic rings. The Kier molecular flexibility index (Phi) is 5.97. The second kappa shape index (κ2) is 7.25. The minimum absolute atomic E-state index is 0.268. The van der Waals surface area contributed by atoms with Crippen molar-refractivity contribution in [1.29, 1.82) is 5.26 Å². The van der Waals surface area contributed by atoms with Gasteiger partial charge in [-0.2, -0.15) is 5.26 Å². The van der Waals surface area contributed by atoms with Gasteiger partial charge in [0.25, 0.3) is 0 Å². The van der Waals surface area contributed by atoms with Gasteiger partial charge in [0.2, 0.25) is 0 Å². The molecular formula is C16H23FN2O. The van der Waals surface area contributed by atoms with Gasteiger partial charge in [-0.1, -0.05) is 13.8 Å². The van der Waals surface area contributed by atoms with E-state index in [9.17, 15) is 4.39 Å². The van der Waals surface area contributed by atoms with Crippen LogP contribution in [-0.2, 0) is 6.54 Å². The zero-order valence-corrected chi connectivity index (χ0v) is 12.7. The number of nitrogens with zero attached hydrogens (tertiary/aromatic N) is 1. The fraction of sp³-hybridized carbons (Fsp3) is 0.562. The smallest absolute Gasteiger partial charge is 0.123 e. The summed E-state index contributed by atoms with van der Waals surface area (Å²) in [4.78, 5) is 0. The minimum Gasteiger partial charge on any atom is -0.493 e. The Morgan fingerprint density at radius 2 is 2.10 bits per heavy atom. The van der Waals surface area contributed by atoms with Gasteiger partial charge in [0.05, 0.1) is 18.1 Å². The fourth-order valence-electron chi connectivity index (χ4n) is 1.61. The second-order valence-corrected chi connectivity index (χ2v) is 5.88. The Morgan fingerprint density at radius 1 is 1.40 bits per heavy atom. The molecular weight excluding hydrogens is 255 g/mol. The Balaban J connectivity index is 2.67. The van der Waals surface area contributed by atoms with E-state index < -0.39 is 5.41 Å². The lowest BCUT2D eigenvalue weighted by Crippen LogP contribution is -2.22. The molecule has 0 fully saturated rings. The predicted molar refractivity (Wildman–Crippen MR) is 77.9 cm³/mol. The van der Waals surface area contributed by atoms with Crippen LogP contribution in [0.4, 0.5) is 4.39 Å². The van der Waals surface area contributed by atoms with Gasteiger partial charge in [0.1, 0.15) is 11.6 Å². The number of rotatable bonds is 7. The van der Waals surface area contributed by atoms with Crippen molar-refractivity contribution in [2.45, 2.75) is 46.7 Å². The molecule has 0 unspecified atom stereocenters. The molecule has 110 valence electrons. The van der Waals surface area contributed by atoms with Crippen molar-refractivity contribution in [2.24, 2.45) is 5.41 Å². The van der Waals surface area contributed by atoms with Gasteiger partial charge in [0, 0.05) is 18.2 Å². The largest absolute Gasteiger partial charge is 0.493 e. The summed E-state index contributed by atoms with van der Waals surface area (Å²) in [5.74, 6) is 0.406. The maximum absolute atomic E-state index is 13.3. The topological polar surface area (TPSA) is 45.0 Å². The van der Waals surface area contributed by atoms with E-state index in [1.165, 1.54) is 12.1 Å². The molecule has 0 radical (unpaired) electrons. The second-order valence-electron chi connectivity index (χ2n) is 5.88. The summed E-state index contributed by atoms with van der Waals surface area (Å²) < 4.78 is 19.0. The lowest BCUT2D eigenvalue weighted by molar-refractivity contribution is 0.261. The zero-order chi connectivity index (χ0) is 15.2. The molecule has 0 saturated carbocycles. The van der Waals surface area contributed by atoms with Crippen molar-refractivity contribution < 1.29 is 9.13 Å². The number of hydrogen-bond donors (Lipinski definition) is 1. The van der Waals surface area contributed by atoms with Gasteiger partial charge in [-0.3, -0.25) is 0 Å². The monoisotopic (exact) mass is 278 g/mol. The zero-order valence-electron chi connectivity index (χ0n) is 12.7. The number of ether oxygens (including phenoxy) is 1. The molecule has 0 saturated heterocycles. The predicted octanol–water partition coefficient (Wildman–Crippen LogP) is 3.64. The first-order valence-electron chi connectivity index (χ1n) is 6.90. The molecule has 1 aromatic rings. The summed E-state index contributed by atoms with van der Waals surface area (Å²) in [5, 5.41) is 12.2. The molecule has 0 amide bonds. The molecule has 20 heavy (non-hydrogen) atoms. The molecule has 0 aromatic heterocycles. The van der Waals surface area contributed by atoms with Crippen LogP contribution in [0.5, 0.6) is 5.75 Å². The molecule has 0 aliphatic carbocycles. The van der Waals surface area contributed by atoms with E-state index in [1.54, 1.807) is 6.07 Å². The Labute approximate surface area is 120 Å². The highest BCUT2D eigenvalue weighted by atomic mass is 19.1. The summed E-state index contributed by atoms with van der Waals surface area (Å²) in [5.41, 5.74) is 0.393. The first kappa shape index (κ1) is 16.5. The van der Waals surface area contributed by atoms with Crippen molar-refractivity contribution in [3.63, 3.8) is 0 Å². The normalized spacial score (nSPS) is 11.4. The first-order valence-corrected chi connectivity index (χ1v) is 6.90. The summed E-state index contributed by atoms with van der Waals surface area (Å²) in [7, 11) is 0. The third-order valence-corrected chi connectivity index (χ3v) is 3.01. The van der Waals surface area contributed by atoms with Gasteiger partial charge in [0.15, 0.2) is 0 Å². The fourth-order valence-corrected chi connectivity index (χ4v) is 1.61. The average Bonchev–Trinajstić information content (AvgIpc) is 2.38. The SMILES string of the molecule is CC(C)NCc1cc(F)ccc1OCCC(C)(C)C#N. The molecule has 0 atom stereocenters. The van der Waals surface area contributed by atoms with Gasteiger partial charge in [-0.15, -0.1) is 0 Å². The van der Waals surface area contributed by atoms with Crippen LogP contribution in [0.3, 0.4) is 0 Å². The van der Waals surface area contributed by atoms with Crippen LogP contribution in [0.1, 0.15) is 39.7 Å². The van der Waals surface area contributed by atoms with Crippen LogP contribution in [0, 0.1) is 22.6 Å². The molecule has 1 N–H and O–H groups in total. The van der Waals surface area contributed by atoms with Crippen LogP contribution in [-0.4, -0.2) is 12.6 Å². The molecule has 0 aliphatic heterocycles. The van der Waals surface area contributed by atoms with Crippen molar-refractivity contribution in [2.75, 3.05) is 6.61 Å². The third-order valence-electron chi connectivity index (χ3n) is 3.01. The average molecular weight is 278 g/mol.